The summed E-state index contributed by atoms with van der Waals surface area (Å²) < 4.78 is 19.4. The molecule has 1 aliphatic rings. The minimum Gasteiger partial charge on any atom is -0.488 e. The zero-order valence-electron chi connectivity index (χ0n) is 13.8. The summed E-state index contributed by atoms with van der Waals surface area (Å²) in [7, 11) is 0. The second-order valence-electron chi connectivity index (χ2n) is 6.02. The Morgan fingerprint density at radius 1 is 1.32 bits per heavy atom. The third-order valence-electron chi connectivity index (χ3n) is 4.15. The van der Waals surface area contributed by atoms with E-state index in [2.05, 4.69) is 15.6 Å². The molecule has 7 heteroatoms. The minimum atomic E-state index is -0.425. The standard InChI is InChI=1S/C18H21FN4O2/c19-13-7-8-15(16(10-13)25-14-5-1-2-6-14)23-18(24)22-11-12-4-3-9-21-17(12)20/h3-4,7-10,14H,1-2,5-6,11H2,(H2,20,21)(H2,22,23,24). The van der Waals surface area contributed by atoms with Crippen LogP contribution in [0.25, 0.3) is 0 Å². The van der Waals surface area contributed by atoms with Gasteiger partial charge in [0.1, 0.15) is 17.4 Å². The molecule has 0 unspecified atom stereocenters. The van der Waals surface area contributed by atoms with E-state index in [1.54, 1.807) is 18.3 Å². The molecular weight excluding hydrogens is 323 g/mol. The van der Waals surface area contributed by atoms with E-state index in [1.807, 2.05) is 0 Å². The molecule has 0 bridgehead atoms. The van der Waals surface area contributed by atoms with Crippen molar-refractivity contribution in [2.45, 2.75) is 38.3 Å². The van der Waals surface area contributed by atoms with Gasteiger partial charge in [0.2, 0.25) is 0 Å². The maximum absolute atomic E-state index is 13.5. The summed E-state index contributed by atoms with van der Waals surface area (Å²) >= 11 is 0. The van der Waals surface area contributed by atoms with Crippen molar-refractivity contribution in [2.75, 3.05) is 11.1 Å². The van der Waals surface area contributed by atoms with Gasteiger partial charge < -0.3 is 21.1 Å². The highest BCUT2D eigenvalue weighted by atomic mass is 19.1. The molecular formula is C18H21FN4O2. The summed E-state index contributed by atoms with van der Waals surface area (Å²) in [6.45, 7) is 0.242. The van der Waals surface area contributed by atoms with Crippen LogP contribution in [0, 0.1) is 5.82 Å². The lowest BCUT2D eigenvalue weighted by atomic mass is 10.2. The summed E-state index contributed by atoms with van der Waals surface area (Å²) in [6.07, 6.45) is 5.76. The number of nitrogens with one attached hydrogen (secondary N) is 2. The van der Waals surface area contributed by atoms with E-state index in [1.165, 1.54) is 18.2 Å². The molecule has 4 N–H and O–H groups in total. The van der Waals surface area contributed by atoms with Gasteiger partial charge in [0, 0.05) is 24.4 Å². The fraction of sp³-hybridized carbons (Fsp3) is 0.333. The molecule has 25 heavy (non-hydrogen) atoms. The lowest BCUT2D eigenvalue weighted by Crippen LogP contribution is -2.29. The monoisotopic (exact) mass is 344 g/mol. The lowest BCUT2D eigenvalue weighted by Gasteiger charge is -2.17. The predicted octanol–water partition coefficient (Wildman–Crippen LogP) is 3.45. The van der Waals surface area contributed by atoms with E-state index in [0.717, 1.165) is 31.2 Å². The summed E-state index contributed by atoms with van der Waals surface area (Å²) in [5, 5.41) is 5.40. The van der Waals surface area contributed by atoms with E-state index < -0.39 is 11.8 Å². The molecule has 1 fully saturated rings. The fourth-order valence-electron chi connectivity index (χ4n) is 2.83. The number of nitrogens with two attached hydrogens (primary N) is 1. The number of hydrogen-bond acceptors (Lipinski definition) is 4. The molecule has 132 valence electrons. The number of rotatable bonds is 5. The second-order valence-corrected chi connectivity index (χ2v) is 6.02. The van der Waals surface area contributed by atoms with Gasteiger partial charge in [-0.1, -0.05) is 6.07 Å². The number of amides is 2. The quantitative estimate of drug-likeness (QED) is 0.775. The average Bonchev–Trinajstić information content (AvgIpc) is 3.10. The third kappa shape index (κ3) is 4.59. The molecule has 1 aliphatic carbocycles. The highest BCUT2D eigenvalue weighted by Gasteiger charge is 2.19. The first-order chi connectivity index (χ1) is 12.1. The Bertz CT molecular complexity index is 748. The Kier molecular flexibility index (Phi) is 5.33. The Labute approximate surface area is 145 Å². The Balaban J connectivity index is 1.63. The second kappa shape index (κ2) is 7.83. The molecule has 1 saturated carbocycles. The first-order valence-electron chi connectivity index (χ1n) is 8.32. The van der Waals surface area contributed by atoms with Crippen molar-refractivity contribution < 1.29 is 13.9 Å². The van der Waals surface area contributed by atoms with Crippen molar-refractivity contribution in [1.82, 2.24) is 10.3 Å². The SMILES string of the molecule is Nc1ncccc1CNC(=O)Nc1ccc(F)cc1OC1CCCC1. The van der Waals surface area contributed by atoms with Gasteiger partial charge in [-0.05, 0) is 43.9 Å². The van der Waals surface area contributed by atoms with E-state index >= 15 is 0 Å². The van der Waals surface area contributed by atoms with Crippen LogP contribution in [0.3, 0.4) is 0 Å². The maximum Gasteiger partial charge on any atom is 0.319 e. The number of urea groups is 1. The maximum atomic E-state index is 13.5. The van der Waals surface area contributed by atoms with Crippen molar-refractivity contribution in [3.63, 3.8) is 0 Å². The highest BCUT2D eigenvalue weighted by molar-refractivity contribution is 5.90. The number of halogens is 1. The van der Waals surface area contributed by atoms with Gasteiger partial charge in [-0.25, -0.2) is 14.2 Å². The number of carbonyl (C=O) groups is 1. The van der Waals surface area contributed by atoms with Gasteiger partial charge in [-0.2, -0.15) is 0 Å². The van der Waals surface area contributed by atoms with Crippen LogP contribution >= 0.6 is 0 Å². The van der Waals surface area contributed by atoms with Crippen LogP contribution in [0.5, 0.6) is 5.75 Å². The molecule has 2 amide bonds. The Morgan fingerprint density at radius 3 is 2.88 bits per heavy atom. The molecule has 0 atom stereocenters. The molecule has 2 aromatic rings. The van der Waals surface area contributed by atoms with E-state index in [9.17, 15) is 9.18 Å². The largest absolute Gasteiger partial charge is 0.488 e. The van der Waals surface area contributed by atoms with Crippen LogP contribution in [0.2, 0.25) is 0 Å². The van der Waals surface area contributed by atoms with E-state index in [4.69, 9.17) is 10.5 Å². The van der Waals surface area contributed by atoms with Crippen LogP contribution < -0.4 is 21.1 Å². The molecule has 6 nitrogen and oxygen atoms in total. The smallest absolute Gasteiger partial charge is 0.319 e. The van der Waals surface area contributed by atoms with Gasteiger partial charge >= 0.3 is 6.03 Å². The van der Waals surface area contributed by atoms with Crippen LogP contribution in [0.15, 0.2) is 36.5 Å². The summed E-state index contributed by atoms with van der Waals surface area (Å²) in [6, 6.07) is 7.19. The minimum absolute atomic E-state index is 0.0700. The number of aromatic nitrogens is 1. The Hall–Kier alpha value is -2.83. The molecule has 0 saturated heterocycles. The lowest BCUT2D eigenvalue weighted by molar-refractivity contribution is 0.210. The molecule has 0 aliphatic heterocycles. The Morgan fingerprint density at radius 2 is 2.12 bits per heavy atom. The van der Waals surface area contributed by atoms with Gasteiger partial charge in [-0.15, -0.1) is 0 Å². The molecule has 1 aromatic carbocycles. The molecule has 0 radical (unpaired) electrons. The van der Waals surface area contributed by atoms with E-state index in [0.29, 0.717) is 17.3 Å². The first-order valence-corrected chi connectivity index (χ1v) is 8.32. The fourth-order valence-corrected chi connectivity index (χ4v) is 2.83. The number of ether oxygens (including phenoxy) is 1. The van der Waals surface area contributed by atoms with Crippen LogP contribution in [-0.2, 0) is 6.54 Å². The van der Waals surface area contributed by atoms with Gasteiger partial charge in [0.05, 0.1) is 11.8 Å². The molecule has 1 heterocycles. The number of hydrogen-bond donors (Lipinski definition) is 3. The van der Waals surface area contributed by atoms with Crippen molar-refractivity contribution in [1.29, 1.82) is 0 Å². The van der Waals surface area contributed by atoms with Crippen molar-refractivity contribution >= 4 is 17.5 Å². The van der Waals surface area contributed by atoms with Gasteiger partial charge in [0.15, 0.2) is 0 Å². The number of nitrogen functional groups attached to an aromatic ring is 1. The summed E-state index contributed by atoms with van der Waals surface area (Å²) in [5.41, 5.74) is 6.90. The molecule has 0 spiro atoms. The van der Waals surface area contributed by atoms with Crippen molar-refractivity contribution in [3.05, 3.63) is 47.9 Å². The number of nitrogens with zero attached hydrogens (tertiary/aromatic N) is 1. The van der Waals surface area contributed by atoms with Gasteiger partial charge in [0.25, 0.3) is 0 Å². The first kappa shape index (κ1) is 17.0. The summed E-state index contributed by atoms with van der Waals surface area (Å²) in [5.74, 6) is 0.319. The average molecular weight is 344 g/mol. The predicted molar refractivity (Wildman–Crippen MR) is 93.8 cm³/mol. The number of pyridine rings is 1. The van der Waals surface area contributed by atoms with Crippen LogP contribution in [0.4, 0.5) is 20.7 Å². The third-order valence-corrected chi connectivity index (χ3v) is 4.15. The zero-order chi connectivity index (χ0) is 17.6. The normalized spacial score (nSPS) is 14.3. The highest BCUT2D eigenvalue weighted by Crippen LogP contribution is 2.30. The number of carbonyl (C=O) groups excluding carboxylic acids is 1. The van der Waals surface area contributed by atoms with E-state index in [-0.39, 0.29) is 12.6 Å². The van der Waals surface area contributed by atoms with Crippen molar-refractivity contribution in [2.24, 2.45) is 0 Å². The topological polar surface area (TPSA) is 89.3 Å². The number of anilines is 2. The van der Waals surface area contributed by atoms with Crippen LogP contribution in [-0.4, -0.2) is 17.1 Å². The van der Waals surface area contributed by atoms with Crippen molar-refractivity contribution in [3.8, 4) is 5.75 Å². The molecule has 1 aromatic heterocycles. The van der Waals surface area contributed by atoms with Crippen LogP contribution in [0.1, 0.15) is 31.2 Å². The van der Waals surface area contributed by atoms with Gasteiger partial charge in [-0.3, -0.25) is 0 Å². The number of benzene rings is 1. The zero-order valence-corrected chi connectivity index (χ0v) is 13.8. The summed E-state index contributed by atoms with van der Waals surface area (Å²) in [4.78, 5) is 16.1. The molecule has 3 rings (SSSR count).